The summed E-state index contributed by atoms with van der Waals surface area (Å²) in [6, 6.07) is 0. The van der Waals surface area contributed by atoms with Gasteiger partial charge in [-0.2, -0.15) is 0 Å². The molecule has 0 spiro atoms. The van der Waals surface area contributed by atoms with Gasteiger partial charge in [-0.1, -0.05) is 96.1 Å². The van der Waals surface area contributed by atoms with Crippen molar-refractivity contribution in [1.29, 1.82) is 0 Å². The number of ether oxygens (including phenoxy) is 2. The van der Waals surface area contributed by atoms with Crippen molar-refractivity contribution in [3.8, 4) is 0 Å². The number of hydrogen-bond donors (Lipinski definition) is 3. The van der Waals surface area contributed by atoms with Crippen LogP contribution in [0.4, 0.5) is 0 Å². The molecule has 0 amide bonds. The highest BCUT2D eigenvalue weighted by Crippen LogP contribution is 2.20. The number of allylic oxidation sites excluding steroid dienone is 2. The Morgan fingerprint density at radius 3 is 1.90 bits per heavy atom. The van der Waals surface area contributed by atoms with Crippen LogP contribution in [-0.2, 0) is 9.47 Å². The van der Waals surface area contributed by atoms with E-state index in [0.717, 1.165) is 12.8 Å². The summed E-state index contributed by atoms with van der Waals surface area (Å²) < 4.78 is 11.0. The third-order valence-electron chi connectivity index (χ3n) is 6.21. The average Bonchev–Trinajstić information content (AvgIpc) is 3.15. The van der Waals surface area contributed by atoms with E-state index in [9.17, 15) is 10.2 Å². The Hall–Kier alpha value is -0.460. The first-order valence-electron chi connectivity index (χ1n) is 13.1. The van der Waals surface area contributed by atoms with E-state index in [1.165, 1.54) is 89.9 Å². The Labute approximate surface area is 191 Å². The van der Waals surface area contributed by atoms with Gasteiger partial charge in [0.05, 0.1) is 13.2 Å². The molecule has 3 N–H and O–H groups in total. The molecule has 0 aliphatic carbocycles. The van der Waals surface area contributed by atoms with Crippen LogP contribution >= 0.6 is 0 Å². The van der Waals surface area contributed by atoms with E-state index in [1.807, 2.05) is 0 Å². The van der Waals surface area contributed by atoms with Crippen LogP contribution in [0.25, 0.3) is 0 Å². The number of aliphatic hydroxyl groups excluding tert-OH is 3. The molecule has 31 heavy (non-hydrogen) atoms. The molecule has 0 saturated carbocycles. The quantitative estimate of drug-likeness (QED) is 0.166. The molecule has 0 radical (unpaired) electrons. The molecular weight excluding hydrogens is 392 g/mol. The zero-order chi connectivity index (χ0) is 22.6. The maximum Gasteiger partial charge on any atom is 0.114 e. The minimum absolute atomic E-state index is 0.277. The van der Waals surface area contributed by atoms with Crippen LogP contribution in [0.15, 0.2) is 12.2 Å². The van der Waals surface area contributed by atoms with Gasteiger partial charge in [0.1, 0.15) is 24.4 Å². The van der Waals surface area contributed by atoms with Gasteiger partial charge in [-0.15, -0.1) is 0 Å². The SMILES string of the molecule is CCC/C=C/CCCCCCCCCCCCCCCO[C@@H]1CO[C@@H]([C@@H](O)CO)[C@H]1O. The lowest BCUT2D eigenvalue weighted by Crippen LogP contribution is -2.41. The molecule has 5 heteroatoms. The molecule has 0 bridgehead atoms. The van der Waals surface area contributed by atoms with Crippen molar-refractivity contribution in [2.24, 2.45) is 0 Å². The third kappa shape index (κ3) is 14.3. The minimum Gasteiger partial charge on any atom is -0.394 e. The monoisotopic (exact) mass is 442 g/mol. The van der Waals surface area contributed by atoms with E-state index in [1.54, 1.807) is 0 Å². The molecule has 0 unspecified atom stereocenters. The number of aliphatic hydroxyl groups is 3. The number of rotatable bonds is 21. The maximum absolute atomic E-state index is 10.1. The van der Waals surface area contributed by atoms with Gasteiger partial charge in [0.2, 0.25) is 0 Å². The first-order chi connectivity index (χ1) is 15.2. The fourth-order valence-corrected chi connectivity index (χ4v) is 4.15. The zero-order valence-corrected chi connectivity index (χ0v) is 20.1. The van der Waals surface area contributed by atoms with Gasteiger partial charge < -0.3 is 24.8 Å². The maximum atomic E-state index is 10.1. The fourth-order valence-electron chi connectivity index (χ4n) is 4.15. The summed E-state index contributed by atoms with van der Waals surface area (Å²) >= 11 is 0. The largest absolute Gasteiger partial charge is 0.394 e. The van der Waals surface area contributed by atoms with Crippen LogP contribution in [-0.4, -0.2) is 59.6 Å². The van der Waals surface area contributed by atoms with E-state index < -0.39 is 31.0 Å². The zero-order valence-electron chi connectivity index (χ0n) is 20.1. The van der Waals surface area contributed by atoms with Gasteiger partial charge in [0, 0.05) is 6.61 Å². The molecule has 0 aromatic heterocycles. The highest BCUT2D eigenvalue weighted by molar-refractivity contribution is 4.88. The van der Waals surface area contributed by atoms with Crippen LogP contribution in [0.3, 0.4) is 0 Å². The highest BCUT2D eigenvalue weighted by atomic mass is 16.6. The van der Waals surface area contributed by atoms with Gasteiger partial charge in [0.15, 0.2) is 0 Å². The fraction of sp³-hybridized carbons (Fsp3) is 0.923. The molecule has 1 aliphatic heterocycles. The first-order valence-corrected chi connectivity index (χ1v) is 13.1. The van der Waals surface area contributed by atoms with Gasteiger partial charge >= 0.3 is 0 Å². The second-order valence-electron chi connectivity index (χ2n) is 9.09. The second-order valence-corrected chi connectivity index (χ2v) is 9.09. The molecule has 1 saturated heterocycles. The highest BCUT2D eigenvalue weighted by Gasteiger charge is 2.40. The standard InChI is InChI=1S/C26H50O5/c1-2-3-4-5-6-7-8-9-10-11-12-13-14-15-16-17-18-19-20-30-24-22-31-26(25(24)29)23(28)21-27/h4-5,23-29H,2-3,6-22H2,1H3/b5-4+/t23-,24+,25-,26-/m0/s1. The summed E-state index contributed by atoms with van der Waals surface area (Å²) in [6.45, 7) is 2.71. The Balaban J connectivity index is 1.78. The van der Waals surface area contributed by atoms with E-state index in [-0.39, 0.29) is 6.61 Å². The Kier molecular flexibility index (Phi) is 18.6. The number of hydrogen-bond acceptors (Lipinski definition) is 5. The van der Waals surface area contributed by atoms with Gasteiger partial charge in [-0.05, 0) is 25.7 Å². The first kappa shape index (κ1) is 28.6. The predicted octanol–water partition coefficient (Wildman–Crippen LogP) is 5.30. The predicted molar refractivity (Wildman–Crippen MR) is 127 cm³/mol. The minimum atomic E-state index is -1.05. The second kappa shape index (κ2) is 20.2. The van der Waals surface area contributed by atoms with Crippen molar-refractivity contribution in [3.05, 3.63) is 12.2 Å². The lowest BCUT2D eigenvalue weighted by Gasteiger charge is -2.20. The summed E-state index contributed by atoms with van der Waals surface area (Å²) in [7, 11) is 0. The van der Waals surface area contributed by atoms with Crippen molar-refractivity contribution in [1.82, 2.24) is 0 Å². The van der Waals surface area contributed by atoms with Gasteiger partial charge in [0.25, 0.3) is 0 Å². The third-order valence-corrected chi connectivity index (χ3v) is 6.21. The van der Waals surface area contributed by atoms with E-state index >= 15 is 0 Å². The molecule has 1 fully saturated rings. The molecule has 5 nitrogen and oxygen atoms in total. The Morgan fingerprint density at radius 1 is 0.839 bits per heavy atom. The van der Waals surface area contributed by atoms with Crippen LogP contribution in [0.5, 0.6) is 0 Å². The molecule has 1 rings (SSSR count). The van der Waals surface area contributed by atoms with Crippen molar-refractivity contribution >= 4 is 0 Å². The van der Waals surface area contributed by atoms with Gasteiger partial charge in [-0.3, -0.25) is 0 Å². The van der Waals surface area contributed by atoms with Crippen LogP contribution in [0, 0.1) is 0 Å². The summed E-state index contributed by atoms with van der Waals surface area (Å²) in [4.78, 5) is 0. The molecular formula is C26H50O5. The van der Waals surface area contributed by atoms with Gasteiger partial charge in [-0.25, -0.2) is 0 Å². The normalized spacial score (nSPS) is 22.5. The van der Waals surface area contributed by atoms with Crippen LogP contribution < -0.4 is 0 Å². The lowest BCUT2D eigenvalue weighted by molar-refractivity contribution is -0.0730. The van der Waals surface area contributed by atoms with Crippen molar-refractivity contribution < 1.29 is 24.8 Å². The summed E-state index contributed by atoms with van der Waals surface area (Å²) in [6.07, 6.45) is 22.5. The summed E-state index contributed by atoms with van der Waals surface area (Å²) in [5.41, 5.74) is 0. The molecule has 184 valence electrons. The van der Waals surface area contributed by atoms with Crippen molar-refractivity contribution in [3.63, 3.8) is 0 Å². The summed E-state index contributed by atoms with van der Waals surface area (Å²) in [5.74, 6) is 0. The molecule has 4 atom stereocenters. The number of unbranched alkanes of at least 4 members (excludes halogenated alkanes) is 14. The topological polar surface area (TPSA) is 79.2 Å². The smallest absolute Gasteiger partial charge is 0.114 e. The summed E-state index contributed by atoms with van der Waals surface area (Å²) in [5, 5.41) is 28.6. The van der Waals surface area contributed by atoms with E-state index in [4.69, 9.17) is 14.6 Å². The Bertz CT molecular complexity index is 415. The average molecular weight is 443 g/mol. The van der Waals surface area contributed by atoms with Crippen molar-refractivity contribution in [2.45, 2.75) is 134 Å². The van der Waals surface area contributed by atoms with Crippen molar-refractivity contribution in [2.75, 3.05) is 19.8 Å². The van der Waals surface area contributed by atoms with Crippen LogP contribution in [0.1, 0.15) is 110 Å². The van der Waals surface area contributed by atoms with Crippen LogP contribution in [0.2, 0.25) is 0 Å². The molecule has 0 aromatic rings. The van der Waals surface area contributed by atoms with E-state index in [0.29, 0.717) is 6.61 Å². The molecule has 0 aromatic carbocycles. The molecule has 1 heterocycles. The molecule has 1 aliphatic rings. The van der Waals surface area contributed by atoms with E-state index in [2.05, 4.69) is 19.1 Å². The lowest BCUT2D eigenvalue weighted by atomic mass is 10.0. The Morgan fingerprint density at radius 2 is 1.35 bits per heavy atom.